The van der Waals surface area contributed by atoms with E-state index in [9.17, 15) is 18.0 Å². The molecular weight excluding hydrogens is 458 g/mol. The lowest BCUT2D eigenvalue weighted by molar-refractivity contribution is 0.100. The van der Waals surface area contributed by atoms with Gasteiger partial charge in [0, 0.05) is 5.02 Å². The predicted octanol–water partition coefficient (Wildman–Crippen LogP) is 3.66. The third-order valence-electron chi connectivity index (χ3n) is 4.64. The minimum atomic E-state index is -4.01. The van der Waals surface area contributed by atoms with Gasteiger partial charge in [0.05, 0.1) is 32.9 Å². The number of hydrogen-bond donors (Lipinski definition) is 2. The van der Waals surface area contributed by atoms with E-state index in [4.69, 9.17) is 17.3 Å². The SMILES string of the molecule is NC(=O)c1ccccc1NS(=O)(=O)c1ccc2c(c1)sc(=O)n2Cc1ccc(Cl)cc1. The number of nitrogens with one attached hydrogen (secondary N) is 1. The van der Waals surface area contributed by atoms with Crippen LogP contribution in [0.25, 0.3) is 10.2 Å². The molecule has 0 saturated heterocycles. The highest BCUT2D eigenvalue weighted by atomic mass is 35.5. The largest absolute Gasteiger partial charge is 0.366 e. The Balaban J connectivity index is 1.69. The van der Waals surface area contributed by atoms with Crippen LogP contribution in [0.3, 0.4) is 0 Å². The molecule has 1 heterocycles. The van der Waals surface area contributed by atoms with Gasteiger partial charge in [-0.1, -0.05) is 47.2 Å². The second-order valence-electron chi connectivity index (χ2n) is 6.73. The molecule has 0 unspecified atom stereocenters. The summed E-state index contributed by atoms with van der Waals surface area (Å²) in [4.78, 5) is 23.9. The number of para-hydroxylation sites is 1. The number of primary amides is 1. The zero-order chi connectivity index (χ0) is 22.2. The van der Waals surface area contributed by atoms with Crippen LogP contribution >= 0.6 is 22.9 Å². The van der Waals surface area contributed by atoms with Gasteiger partial charge in [-0.05, 0) is 48.0 Å². The smallest absolute Gasteiger partial charge is 0.308 e. The Labute approximate surface area is 186 Å². The van der Waals surface area contributed by atoms with Crippen LogP contribution in [0.5, 0.6) is 0 Å². The number of thiazole rings is 1. The van der Waals surface area contributed by atoms with Crippen LogP contribution in [0.4, 0.5) is 5.69 Å². The van der Waals surface area contributed by atoms with E-state index in [0.717, 1.165) is 16.9 Å². The quantitative estimate of drug-likeness (QED) is 0.445. The number of carbonyl (C=O) groups is 1. The topological polar surface area (TPSA) is 111 Å². The van der Waals surface area contributed by atoms with Gasteiger partial charge in [0.1, 0.15) is 0 Å². The summed E-state index contributed by atoms with van der Waals surface area (Å²) in [5.41, 5.74) is 6.99. The van der Waals surface area contributed by atoms with E-state index in [1.165, 1.54) is 24.3 Å². The van der Waals surface area contributed by atoms with Crippen molar-refractivity contribution < 1.29 is 13.2 Å². The molecule has 3 aromatic carbocycles. The summed E-state index contributed by atoms with van der Waals surface area (Å²) < 4.78 is 30.3. The molecule has 1 aromatic heterocycles. The Bertz CT molecular complexity index is 1460. The molecule has 0 atom stereocenters. The molecule has 3 N–H and O–H groups in total. The van der Waals surface area contributed by atoms with Crippen molar-refractivity contribution >= 4 is 54.8 Å². The van der Waals surface area contributed by atoms with Gasteiger partial charge in [-0.15, -0.1) is 0 Å². The molecule has 4 rings (SSSR count). The predicted molar refractivity (Wildman–Crippen MR) is 122 cm³/mol. The van der Waals surface area contributed by atoms with Crippen molar-refractivity contribution in [2.75, 3.05) is 4.72 Å². The molecule has 0 aliphatic rings. The zero-order valence-electron chi connectivity index (χ0n) is 15.9. The third kappa shape index (κ3) is 4.34. The highest BCUT2D eigenvalue weighted by molar-refractivity contribution is 7.92. The van der Waals surface area contributed by atoms with Gasteiger partial charge >= 0.3 is 4.87 Å². The van der Waals surface area contributed by atoms with Crippen LogP contribution < -0.4 is 15.3 Å². The molecule has 0 spiro atoms. The van der Waals surface area contributed by atoms with E-state index >= 15 is 0 Å². The van der Waals surface area contributed by atoms with Crippen molar-refractivity contribution in [2.45, 2.75) is 11.4 Å². The molecule has 0 aliphatic heterocycles. The Kier molecular flexibility index (Phi) is 5.57. The highest BCUT2D eigenvalue weighted by Crippen LogP contribution is 2.25. The lowest BCUT2D eigenvalue weighted by Gasteiger charge is -2.11. The second kappa shape index (κ2) is 8.18. The van der Waals surface area contributed by atoms with Gasteiger partial charge in [0.2, 0.25) is 0 Å². The lowest BCUT2D eigenvalue weighted by Crippen LogP contribution is -2.18. The molecule has 0 fully saturated rings. The fraction of sp³-hybridized carbons (Fsp3) is 0.0476. The van der Waals surface area contributed by atoms with Crippen molar-refractivity contribution in [3.63, 3.8) is 0 Å². The molecule has 4 aromatic rings. The number of anilines is 1. The van der Waals surface area contributed by atoms with Crippen LogP contribution in [-0.4, -0.2) is 18.9 Å². The van der Waals surface area contributed by atoms with Crippen LogP contribution in [0, 0.1) is 0 Å². The lowest BCUT2D eigenvalue weighted by atomic mass is 10.2. The van der Waals surface area contributed by atoms with Crippen LogP contribution in [0.2, 0.25) is 5.02 Å². The summed E-state index contributed by atoms with van der Waals surface area (Å²) in [5.74, 6) is -0.744. The van der Waals surface area contributed by atoms with Crippen molar-refractivity contribution in [3.05, 3.63) is 92.5 Å². The number of aromatic nitrogens is 1. The number of nitrogens with zero attached hydrogens (tertiary/aromatic N) is 1. The van der Waals surface area contributed by atoms with Crippen molar-refractivity contribution in [1.82, 2.24) is 4.57 Å². The average Bonchev–Trinajstić information content (AvgIpc) is 3.04. The normalized spacial score (nSPS) is 11.5. The molecule has 31 heavy (non-hydrogen) atoms. The fourth-order valence-corrected chi connectivity index (χ4v) is 5.36. The van der Waals surface area contributed by atoms with Crippen LogP contribution in [0.15, 0.2) is 76.4 Å². The van der Waals surface area contributed by atoms with Gasteiger partial charge in [-0.3, -0.25) is 18.9 Å². The van der Waals surface area contributed by atoms with Crippen molar-refractivity contribution in [2.24, 2.45) is 5.73 Å². The number of rotatable bonds is 6. The van der Waals surface area contributed by atoms with Gasteiger partial charge in [-0.25, -0.2) is 8.42 Å². The van der Waals surface area contributed by atoms with Gasteiger partial charge in [0.15, 0.2) is 0 Å². The van der Waals surface area contributed by atoms with E-state index in [1.54, 1.807) is 34.9 Å². The number of amides is 1. The van der Waals surface area contributed by atoms with Crippen molar-refractivity contribution in [3.8, 4) is 0 Å². The number of fused-ring (bicyclic) bond motifs is 1. The monoisotopic (exact) mass is 473 g/mol. The minimum absolute atomic E-state index is 0.0285. The summed E-state index contributed by atoms with van der Waals surface area (Å²) in [6.45, 7) is 0.340. The van der Waals surface area contributed by atoms with E-state index in [0.29, 0.717) is 21.8 Å². The summed E-state index contributed by atoms with van der Waals surface area (Å²) in [7, 11) is -4.01. The minimum Gasteiger partial charge on any atom is -0.366 e. The maximum atomic E-state index is 12.9. The fourth-order valence-electron chi connectivity index (χ4n) is 3.13. The molecule has 10 heteroatoms. The number of benzene rings is 3. The molecule has 7 nitrogen and oxygen atoms in total. The Morgan fingerprint density at radius 2 is 1.77 bits per heavy atom. The Morgan fingerprint density at radius 3 is 2.48 bits per heavy atom. The van der Waals surface area contributed by atoms with Crippen molar-refractivity contribution in [1.29, 1.82) is 0 Å². The maximum absolute atomic E-state index is 12.9. The Morgan fingerprint density at radius 1 is 1.06 bits per heavy atom. The molecule has 158 valence electrons. The molecule has 0 aliphatic carbocycles. The molecule has 0 bridgehead atoms. The van der Waals surface area contributed by atoms with E-state index < -0.39 is 15.9 Å². The van der Waals surface area contributed by atoms with E-state index in [2.05, 4.69) is 4.72 Å². The first kappa shape index (κ1) is 21.1. The molecule has 0 radical (unpaired) electrons. The first-order chi connectivity index (χ1) is 14.7. The standard InChI is InChI=1S/C21H16ClN3O4S2/c22-14-7-5-13(6-8-14)12-25-18-10-9-15(11-19(18)30-21(25)27)31(28,29)24-17-4-2-1-3-16(17)20(23)26/h1-11,24H,12H2,(H2,23,26). The van der Waals surface area contributed by atoms with Gasteiger partial charge < -0.3 is 5.73 Å². The third-order valence-corrected chi connectivity index (χ3v) is 7.20. The van der Waals surface area contributed by atoms with Gasteiger partial charge in [-0.2, -0.15) is 0 Å². The second-order valence-corrected chi connectivity index (χ2v) is 9.84. The first-order valence-corrected chi connectivity index (χ1v) is 11.7. The summed E-state index contributed by atoms with van der Waals surface area (Å²) in [6.07, 6.45) is 0. The molecule has 0 saturated carbocycles. The first-order valence-electron chi connectivity index (χ1n) is 9.04. The van der Waals surface area contributed by atoms with Crippen LogP contribution in [0.1, 0.15) is 15.9 Å². The van der Waals surface area contributed by atoms with Gasteiger partial charge in [0.25, 0.3) is 15.9 Å². The van der Waals surface area contributed by atoms with E-state index in [-0.39, 0.29) is 21.0 Å². The molecular formula is C21H16ClN3O4S2. The number of carbonyl (C=O) groups excluding carboxylic acids is 1. The summed E-state index contributed by atoms with van der Waals surface area (Å²) >= 11 is 6.87. The zero-order valence-corrected chi connectivity index (χ0v) is 18.3. The number of halogens is 1. The summed E-state index contributed by atoms with van der Waals surface area (Å²) in [6, 6.07) is 17.7. The van der Waals surface area contributed by atoms with E-state index in [1.807, 2.05) is 12.1 Å². The van der Waals surface area contributed by atoms with Crippen LogP contribution in [-0.2, 0) is 16.6 Å². The molecule has 1 amide bonds. The number of sulfonamides is 1. The number of nitrogens with two attached hydrogens (primary N) is 1. The summed E-state index contributed by atoms with van der Waals surface area (Å²) in [5, 5.41) is 0.603. The number of hydrogen-bond acceptors (Lipinski definition) is 5. The average molecular weight is 474 g/mol. The highest BCUT2D eigenvalue weighted by Gasteiger charge is 2.19. The Hall–Kier alpha value is -3.14. The maximum Gasteiger partial charge on any atom is 0.308 e.